The third-order valence-electron chi connectivity index (χ3n) is 4.19. The monoisotopic (exact) mass is 331 g/mol. The summed E-state index contributed by atoms with van der Waals surface area (Å²) in [6, 6.07) is 8.41. The molecule has 0 aliphatic carbocycles. The van der Waals surface area contributed by atoms with E-state index >= 15 is 0 Å². The lowest BCUT2D eigenvalue weighted by atomic mass is 9.84. The summed E-state index contributed by atoms with van der Waals surface area (Å²) in [5, 5.41) is 10.1. The highest BCUT2D eigenvalue weighted by molar-refractivity contribution is 5.85. The van der Waals surface area contributed by atoms with Crippen LogP contribution in [0, 0.1) is 0 Å². The first kappa shape index (κ1) is 18.1. The van der Waals surface area contributed by atoms with Crippen molar-refractivity contribution in [3.8, 4) is 0 Å². The van der Waals surface area contributed by atoms with Gasteiger partial charge in [0.2, 0.25) is 5.91 Å². The lowest BCUT2D eigenvalue weighted by Gasteiger charge is -2.39. The lowest BCUT2D eigenvalue weighted by molar-refractivity contribution is -0.122. The van der Waals surface area contributed by atoms with Gasteiger partial charge in [-0.25, -0.2) is 0 Å². The van der Waals surface area contributed by atoms with Crippen molar-refractivity contribution in [2.24, 2.45) is 0 Å². The highest BCUT2D eigenvalue weighted by atomic mass is 35.5. The molecule has 1 aromatic rings. The van der Waals surface area contributed by atoms with Gasteiger partial charge < -0.3 is 16.0 Å². The number of hydrogen-bond acceptors (Lipinski definition) is 3. The van der Waals surface area contributed by atoms with Crippen molar-refractivity contribution in [2.45, 2.75) is 31.2 Å². The van der Waals surface area contributed by atoms with Crippen LogP contribution in [0.4, 0.5) is 5.69 Å². The molecule has 0 radical (unpaired) electrons. The summed E-state index contributed by atoms with van der Waals surface area (Å²) in [5.41, 5.74) is 2.40. The Labute approximate surface area is 138 Å². The number of hydrogen-bond donors (Lipinski definition) is 3. The molecule has 21 heavy (non-hydrogen) atoms. The number of nitrogens with one attached hydrogen (secondary N) is 3. The highest BCUT2D eigenvalue weighted by Gasteiger charge is 2.35. The summed E-state index contributed by atoms with van der Waals surface area (Å²) in [6.45, 7) is 2.68. The number of fused-ring (bicyclic) bond motifs is 1. The average Bonchev–Trinajstić information content (AvgIpc) is 2.47. The Kier molecular flexibility index (Phi) is 6.78. The molecular weight excluding hydrogens is 309 g/mol. The van der Waals surface area contributed by atoms with Gasteiger partial charge in [-0.3, -0.25) is 4.79 Å². The molecule has 0 aromatic heterocycles. The van der Waals surface area contributed by atoms with Gasteiger partial charge in [0, 0.05) is 24.2 Å². The number of piperidine rings is 1. The molecule has 6 heteroatoms. The van der Waals surface area contributed by atoms with Gasteiger partial charge in [0.05, 0.1) is 0 Å². The van der Waals surface area contributed by atoms with Gasteiger partial charge in [-0.15, -0.1) is 24.8 Å². The molecule has 4 nitrogen and oxygen atoms in total. The second kappa shape index (κ2) is 7.87. The Balaban J connectivity index is 0.00000110. The maximum atomic E-state index is 12.0. The van der Waals surface area contributed by atoms with Crippen molar-refractivity contribution in [3.05, 3.63) is 29.8 Å². The van der Waals surface area contributed by atoms with E-state index in [4.69, 9.17) is 0 Å². The van der Waals surface area contributed by atoms with Crippen molar-refractivity contribution < 1.29 is 4.79 Å². The third kappa shape index (κ3) is 4.25. The summed E-state index contributed by atoms with van der Waals surface area (Å²) < 4.78 is 0. The number of carbonyl (C=O) groups is 1. The van der Waals surface area contributed by atoms with Crippen LogP contribution in [0.5, 0.6) is 0 Å². The van der Waals surface area contributed by atoms with Gasteiger partial charge >= 0.3 is 0 Å². The largest absolute Gasteiger partial charge is 0.379 e. The molecule has 1 spiro atoms. The quantitative estimate of drug-likeness (QED) is 0.682. The fourth-order valence-corrected chi connectivity index (χ4v) is 3.10. The number of rotatable bonds is 0. The van der Waals surface area contributed by atoms with Gasteiger partial charge in [0.15, 0.2) is 0 Å². The first-order chi connectivity index (χ1) is 9.27. The molecule has 0 saturated carbocycles. The SMILES string of the molecule is Cl.Cl.O=C1CC2(CCNCC2)Nc2ccccc2CCN1. The third-order valence-corrected chi connectivity index (χ3v) is 4.19. The van der Waals surface area contributed by atoms with E-state index in [1.165, 1.54) is 11.3 Å². The van der Waals surface area contributed by atoms with Crippen LogP contribution >= 0.6 is 24.8 Å². The molecule has 1 amide bonds. The molecule has 118 valence electrons. The van der Waals surface area contributed by atoms with E-state index in [-0.39, 0.29) is 36.3 Å². The van der Waals surface area contributed by atoms with E-state index < -0.39 is 0 Å². The Hall–Kier alpha value is -0.970. The zero-order valence-corrected chi connectivity index (χ0v) is 13.6. The van der Waals surface area contributed by atoms with Crippen LogP contribution in [0.3, 0.4) is 0 Å². The van der Waals surface area contributed by atoms with Crippen LogP contribution < -0.4 is 16.0 Å². The van der Waals surface area contributed by atoms with Crippen molar-refractivity contribution in [1.29, 1.82) is 0 Å². The van der Waals surface area contributed by atoms with Crippen molar-refractivity contribution in [3.63, 3.8) is 0 Å². The van der Waals surface area contributed by atoms with Crippen LogP contribution in [0.25, 0.3) is 0 Å². The maximum absolute atomic E-state index is 12.0. The maximum Gasteiger partial charge on any atom is 0.222 e. The fraction of sp³-hybridized carbons (Fsp3) is 0.533. The molecule has 2 aliphatic rings. The van der Waals surface area contributed by atoms with Gasteiger partial charge in [0.1, 0.15) is 0 Å². The molecule has 1 saturated heterocycles. The molecule has 3 N–H and O–H groups in total. The normalized spacial score (nSPS) is 20.3. The molecule has 3 rings (SSSR count). The number of para-hydroxylation sites is 1. The smallest absolute Gasteiger partial charge is 0.222 e. The van der Waals surface area contributed by atoms with E-state index in [0.717, 1.165) is 38.9 Å². The topological polar surface area (TPSA) is 53.2 Å². The first-order valence-electron chi connectivity index (χ1n) is 7.11. The van der Waals surface area contributed by atoms with E-state index in [1.807, 2.05) is 0 Å². The standard InChI is InChI=1S/C15H21N3O.2ClH/c19-14-11-15(6-9-16-10-7-15)18-13-4-2-1-3-12(13)5-8-17-14;;/h1-4,16,18H,5-11H2,(H,17,19);2*1H. The Morgan fingerprint density at radius 1 is 1.00 bits per heavy atom. The van der Waals surface area contributed by atoms with E-state index in [9.17, 15) is 4.79 Å². The number of anilines is 1. The second-order valence-electron chi connectivity index (χ2n) is 5.59. The zero-order valence-electron chi connectivity index (χ0n) is 12.0. The summed E-state index contributed by atoms with van der Waals surface area (Å²) in [7, 11) is 0. The molecule has 0 bridgehead atoms. The van der Waals surface area contributed by atoms with Crippen molar-refractivity contribution in [1.82, 2.24) is 10.6 Å². The average molecular weight is 332 g/mol. The van der Waals surface area contributed by atoms with Crippen LogP contribution in [0.1, 0.15) is 24.8 Å². The molecule has 2 heterocycles. The minimum atomic E-state index is -0.0875. The summed E-state index contributed by atoms with van der Waals surface area (Å²) in [6.07, 6.45) is 3.45. The Morgan fingerprint density at radius 3 is 2.48 bits per heavy atom. The molecule has 0 atom stereocenters. The number of amides is 1. The minimum Gasteiger partial charge on any atom is -0.379 e. The first-order valence-corrected chi connectivity index (χ1v) is 7.11. The van der Waals surface area contributed by atoms with Crippen LogP contribution in [-0.2, 0) is 11.2 Å². The van der Waals surface area contributed by atoms with E-state index in [2.05, 4.69) is 40.2 Å². The zero-order chi connectivity index (χ0) is 13.1. The van der Waals surface area contributed by atoms with Crippen LogP contribution in [-0.4, -0.2) is 31.1 Å². The Morgan fingerprint density at radius 2 is 1.71 bits per heavy atom. The number of benzene rings is 1. The summed E-state index contributed by atoms with van der Waals surface area (Å²) in [4.78, 5) is 12.0. The lowest BCUT2D eigenvalue weighted by Crippen LogP contribution is -2.50. The molecular formula is C15H23Cl2N3O. The number of halogens is 2. The Bertz CT molecular complexity index is 476. The molecule has 2 aliphatic heterocycles. The van der Waals surface area contributed by atoms with E-state index in [0.29, 0.717) is 6.42 Å². The van der Waals surface area contributed by atoms with Crippen molar-refractivity contribution in [2.75, 3.05) is 25.0 Å². The predicted molar refractivity (Wildman–Crippen MR) is 90.7 cm³/mol. The fourth-order valence-electron chi connectivity index (χ4n) is 3.10. The summed E-state index contributed by atoms with van der Waals surface area (Å²) >= 11 is 0. The van der Waals surface area contributed by atoms with Crippen LogP contribution in [0.15, 0.2) is 24.3 Å². The molecule has 1 aromatic carbocycles. The van der Waals surface area contributed by atoms with E-state index in [1.54, 1.807) is 0 Å². The second-order valence-corrected chi connectivity index (χ2v) is 5.59. The molecule has 0 unspecified atom stereocenters. The molecule has 1 fully saturated rings. The van der Waals surface area contributed by atoms with Gasteiger partial charge in [-0.2, -0.15) is 0 Å². The predicted octanol–water partition coefficient (Wildman–Crippen LogP) is 2.13. The summed E-state index contributed by atoms with van der Waals surface area (Å²) in [5.74, 6) is 0.169. The number of carbonyl (C=O) groups excluding carboxylic acids is 1. The van der Waals surface area contributed by atoms with Crippen LogP contribution in [0.2, 0.25) is 0 Å². The van der Waals surface area contributed by atoms with Crippen molar-refractivity contribution >= 4 is 36.4 Å². The van der Waals surface area contributed by atoms with Gasteiger partial charge in [-0.05, 0) is 44.0 Å². The highest BCUT2D eigenvalue weighted by Crippen LogP contribution is 2.30. The van der Waals surface area contributed by atoms with Gasteiger partial charge in [0.25, 0.3) is 0 Å². The minimum absolute atomic E-state index is 0. The van der Waals surface area contributed by atoms with Gasteiger partial charge in [-0.1, -0.05) is 18.2 Å².